The van der Waals surface area contributed by atoms with E-state index in [-0.39, 0.29) is 17.0 Å². The lowest BCUT2D eigenvalue weighted by molar-refractivity contribution is 0.0726. The number of hydrogen-bond donors (Lipinski definition) is 0. The Hall–Kier alpha value is -2.89. The number of hydrogen-bond acceptors (Lipinski definition) is 4. The molecule has 3 aromatic rings. The largest absolute Gasteiger partial charge is 0.467 e. The zero-order chi connectivity index (χ0) is 16.9. The lowest BCUT2D eigenvalue weighted by Gasteiger charge is -2.21. The van der Waals surface area contributed by atoms with Crippen LogP contribution < -0.4 is 5.56 Å². The van der Waals surface area contributed by atoms with Gasteiger partial charge in [-0.05, 0) is 30.7 Å². The van der Waals surface area contributed by atoms with E-state index < -0.39 is 0 Å². The Morgan fingerprint density at radius 1 is 1.29 bits per heavy atom. The van der Waals surface area contributed by atoms with E-state index in [1.54, 1.807) is 41.6 Å². The highest BCUT2D eigenvalue weighted by Gasteiger charge is 2.21. The van der Waals surface area contributed by atoms with Crippen molar-refractivity contribution in [2.45, 2.75) is 26.3 Å². The number of amides is 1. The molecule has 6 nitrogen and oxygen atoms in total. The molecule has 0 aromatic carbocycles. The monoisotopic (exact) mass is 325 g/mol. The summed E-state index contributed by atoms with van der Waals surface area (Å²) in [4.78, 5) is 31.3. The van der Waals surface area contributed by atoms with Crippen LogP contribution in [-0.4, -0.2) is 26.7 Å². The average molecular weight is 325 g/mol. The van der Waals surface area contributed by atoms with Crippen LogP contribution in [0.3, 0.4) is 0 Å². The number of carbonyl (C=O) groups excluding carboxylic acids is 1. The van der Waals surface area contributed by atoms with Crippen LogP contribution in [0.15, 0.2) is 58.2 Å². The highest BCUT2D eigenvalue weighted by atomic mass is 16.3. The van der Waals surface area contributed by atoms with Crippen LogP contribution in [0.4, 0.5) is 0 Å². The average Bonchev–Trinajstić information content (AvgIpc) is 3.12. The summed E-state index contributed by atoms with van der Waals surface area (Å²) >= 11 is 0. The summed E-state index contributed by atoms with van der Waals surface area (Å²) in [5.74, 6) is 0.365. The van der Waals surface area contributed by atoms with Crippen molar-refractivity contribution in [2.75, 3.05) is 6.54 Å². The van der Waals surface area contributed by atoms with Crippen molar-refractivity contribution in [1.82, 2.24) is 14.3 Å². The van der Waals surface area contributed by atoms with Crippen molar-refractivity contribution in [2.24, 2.45) is 0 Å². The van der Waals surface area contributed by atoms with Crippen molar-refractivity contribution in [1.29, 1.82) is 0 Å². The van der Waals surface area contributed by atoms with Gasteiger partial charge in [0.15, 0.2) is 0 Å². The highest BCUT2D eigenvalue weighted by molar-refractivity contribution is 5.93. The molecule has 124 valence electrons. The minimum Gasteiger partial charge on any atom is -0.467 e. The van der Waals surface area contributed by atoms with Gasteiger partial charge in [0.2, 0.25) is 0 Å². The SMILES string of the molecule is CCCCN(Cc1ccco1)C(=O)c1cnc2ccccn2c1=O. The first-order valence-corrected chi connectivity index (χ1v) is 7.98. The number of furan rings is 1. The maximum absolute atomic E-state index is 12.9. The molecule has 0 saturated carbocycles. The maximum atomic E-state index is 12.9. The third-order valence-electron chi connectivity index (χ3n) is 3.84. The minimum atomic E-state index is -0.355. The van der Waals surface area contributed by atoms with Crippen molar-refractivity contribution >= 4 is 11.6 Å². The molecular formula is C18H19N3O3. The fourth-order valence-electron chi connectivity index (χ4n) is 2.54. The van der Waals surface area contributed by atoms with Gasteiger partial charge in [0, 0.05) is 18.9 Å². The summed E-state index contributed by atoms with van der Waals surface area (Å²) in [5, 5.41) is 0. The molecule has 0 spiro atoms. The molecule has 3 heterocycles. The number of fused-ring (bicyclic) bond motifs is 1. The lowest BCUT2D eigenvalue weighted by atomic mass is 10.2. The Labute approximate surface area is 139 Å². The van der Waals surface area contributed by atoms with Crippen LogP contribution in [0.5, 0.6) is 0 Å². The van der Waals surface area contributed by atoms with Crippen LogP contribution in [0.1, 0.15) is 35.9 Å². The molecule has 0 aliphatic carbocycles. The molecular weight excluding hydrogens is 306 g/mol. The molecule has 3 rings (SSSR count). The topological polar surface area (TPSA) is 67.8 Å². The van der Waals surface area contributed by atoms with Crippen LogP contribution >= 0.6 is 0 Å². The number of carbonyl (C=O) groups is 1. The van der Waals surface area contributed by atoms with E-state index in [1.807, 2.05) is 6.07 Å². The number of aromatic nitrogens is 2. The summed E-state index contributed by atoms with van der Waals surface area (Å²) in [6.45, 7) is 2.96. The van der Waals surface area contributed by atoms with Crippen LogP contribution in [-0.2, 0) is 6.54 Å². The predicted molar refractivity (Wildman–Crippen MR) is 89.8 cm³/mol. The second kappa shape index (κ2) is 7.12. The molecule has 24 heavy (non-hydrogen) atoms. The van der Waals surface area contributed by atoms with Crippen molar-refractivity contribution in [3.63, 3.8) is 0 Å². The molecule has 0 bridgehead atoms. The van der Waals surface area contributed by atoms with E-state index in [9.17, 15) is 9.59 Å². The third kappa shape index (κ3) is 3.22. The van der Waals surface area contributed by atoms with Gasteiger partial charge in [-0.25, -0.2) is 4.98 Å². The van der Waals surface area contributed by atoms with E-state index in [0.29, 0.717) is 24.5 Å². The molecule has 0 fully saturated rings. The lowest BCUT2D eigenvalue weighted by Crippen LogP contribution is -2.36. The molecule has 0 atom stereocenters. The van der Waals surface area contributed by atoms with E-state index in [2.05, 4.69) is 11.9 Å². The van der Waals surface area contributed by atoms with Gasteiger partial charge in [-0.2, -0.15) is 0 Å². The van der Waals surface area contributed by atoms with E-state index in [0.717, 1.165) is 12.8 Å². The number of rotatable bonds is 6. The number of pyridine rings is 1. The number of unbranched alkanes of at least 4 members (excludes halogenated alkanes) is 1. The smallest absolute Gasteiger partial charge is 0.270 e. The third-order valence-corrected chi connectivity index (χ3v) is 3.84. The fourth-order valence-corrected chi connectivity index (χ4v) is 2.54. The maximum Gasteiger partial charge on any atom is 0.270 e. The zero-order valence-corrected chi connectivity index (χ0v) is 13.5. The molecule has 0 radical (unpaired) electrons. The van der Waals surface area contributed by atoms with E-state index in [4.69, 9.17) is 4.42 Å². The molecule has 0 saturated heterocycles. The molecule has 0 unspecified atom stereocenters. The van der Waals surface area contributed by atoms with Crippen molar-refractivity contribution < 1.29 is 9.21 Å². The predicted octanol–water partition coefficient (Wildman–Crippen LogP) is 2.73. The van der Waals surface area contributed by atoms with Gasteiger partial charge in [-0.15, -0.1) is 0 Å². The van der Waals surface area contributed by atoms with Gasteiger partial charge in [0.25, 0.3) is 11.5 Å². The van der Waals surface area contributed by atoms with Gasteiger partial charge in [0.1, 0.15) is 17.0 Å². The highest BCUT2D eigenvalue weighted by Crippen LogP contribution is 2.10. The molecule has 3 aromatic heterocycles. The zero-order valence-electron chi connectivity index (χ0n) is 13.5. The summed E-state index contributed by atoms with van der Waals surface area (Å²) in [6.07, 6.45) is 6.36. The van der Waals surface area contributed by atoms with Gasteiger partial charge >= 0.3 is 0 Å². The molecule has 0 aliphatic rings. The minimum absolute atomic E-state index is 0.0707. The Bertz CT molecular complexity index is 884. The van der Waals surface area contributed by atoms with Crippen LogP contribution in [0.2, 0.25) is 0 Å². The summed E-state index contributed by atoms with van der Waals surface area (Å²) in [7, 11) is 0. The van der Waals surface area contributed by atoms with Crippen molar-refractivity contribution in [3.8, 4) is 0 Å². The van der Waals surface area contributed by atoms with E-state index in [1.165, 1.54) is 10.6 Å². The van der Waals surface area contributed by atoms with E-state index >= 15 is 0 Å². The second-order valence-corrected chi connectivity index (χ2v) is 5.57. The Morgan fingerprint density at radius 2 is 2.17 bits per heavy atom. The summed E-state index contributed by atoms with van der Waals surface area (Å²) in [5.41, 5.74) is 0.234. The normalized spacial score (nSPS) is 10.9. The summed E-state index contributed by atoms with van der Waals surface area (Å²) in [6, 6.07) is 8.87. The first kappa shape index (κ1) is 16.0. The standard InChI is InChI=1S/C18H19N3O3/c1-2-3-9-20(13-14-7-6-11-24-14)17(22)15-12-19-16-8-4-5-10-21(16)18(15)23/h4-8,10-12H,2-3,9,13H2,1H3. The Kier molecular flexibility index (Phi) is 4.74. The molecule has 0 N–H and O–H groups in total. The Balaban J connectivity index is 1.94. The summed E-state index contributed by atoms with van der Waals surface area (Å²) < 4.78 is 6.72. The molecule has 0 aliphatic heterocycles. The van der Waals surface area contributed by atoms with Crippen LogP contribution in [0.25, 0.3) is 5.65 Å². The van der Waals surface area contributed by atoms with Crippen molar-refractivity contribution in [3.05, 3.63) is 70.7 Å². The first-order valence-electron chi connectivity index (χ1n) is 7.98. The van der Waals surface area contributed by atoms with Gasteiger partial charge in [-0.3, -0.25) is 14.0 Å². The number of nitrogens with zero attached hydrogens (tertiary/aromatic N) is 3. The van der Waals surface area contributed by atoms with Gasteiger partial charge in [-0.1, -0.05) is 19.4 Å². The molecule has 1 amide bonds. The van der Waals surface area contributed by atoms with Gasteiger partial charge < -0.3 is 9.32 Å². The fraction of sp³-hybridized carbons (Fsp3) is 0.278. The first-order chi connectivity index (χ1) is 11.7. The van der Waals surface area contributed by atoms with Crippen LogP contribution in [0, 0.1) is 0 Å². The Morgan fingerprint density at radius 3 is 2.92 bits per heavy atom. The quantitative estimate of drug-likeness (QED) is 0.699. The van der Waals surface area contributed by atoms with Gasteiger partial charge in [0.05, 0.1) is 12.8 Å². The molecule has 6 heteroatoms. The second-order valence-electron chi connectivity index (χ2n) is 5.57.